The first-order chi connectivity index (χ1) is 17.5. The van der Waals surface area contributed by atoms with Crippen molar-refractivity contribution in [1.82, 2.24) is 53.9 Å². The Balaban J connectivity index is 1.30. The molecule has 5 heterocycles. The number of aromatic nitrogens is 11. The number of nitrogens with zero attached hydrogens (tertiary/aromatic N) is 11. The summed E-state index contributed by atoms with van der Waals surface area (Å²) in [6, 6.07) is 12.0. The van der Waals surface area contributed by atoms with Crippen molar-refractivity contribution in [3.63, 3.8) is 0 Å². The van der Waals surface area contributed by atoms with Crippen molar-refractivity contribution in [3.05, 3.63) is 60.4 Å². The van der Waals surface area contributed by atoms with Crippen LogP contribution in [0.3, 0.4) is 0 Å². The van der Waals surface area contributed by atoms with Gasteiger partial charge in [0.25, 0.3) is 0 Å². The molecule has 0 spiro atoms. The summed E-state index contributed by atoms with van der Waals surface area (Å²) in [5.74, 6) is 2.44. The smallest absolute Gasteiger partial charge is 0.191 e. The van der Waals surface area contributed by atoms with Crippen molar-refractivity contribution in [2.75, 3.05) is 0 Å². The van der Waals surface area contributed by atoms with Crippen molar-refractivity contribution >= 4 is 28.4 Å². The number of para-hydroxylation sites is 1. The lowest BCUT2D eigenvalue weighted by Gasteiger charge is -2.11. The Labute approximate surface area is 211 Å². The molecule has 0 unspecified atom stereocenters. The van der Waals surface area contributed by atoms with Crippen LogP contribution < -0.4 is 0 Å². The molecule has 0 aliphatic rings. The van der Waals surface area contributed by atoms with Gasteiger partial charge >= 0.3 is 0 Å². The minimum atomic E-state index is 0.428. The van der Waals surface area contributed by atoms with E-state index in [1.54, 1.807) is 28.8 Å². The second-order valence-electron chi connectivity index (χ2n) is 9.06. The van der Waals surface area contributed by atoms with E-state index in [9.17, 15) is 0 Å². The Bertz CT molecular complexity index is 1650. The molecule has 0 saturated heterocycles. The summed E-state index contributed by atoms with van der Waals surface area (Å²) in [5.41, 5.74) is 4.31. The lowest BCUT2D eigenvalue weighted by molar-refractivity contribution is 0.497. The van der Waals surface area contributed by atoms with Crippen molar-refractivity contribution in [3.8, 4) is 17.2 Å². The molecule has 0 atom stereocenters. The predicted molar refractivity (Wildman–Crippen MR) is 137 cm³/mol. The summed E-state index contributed by atoms with van der Waals surface area (Å²) in [5, 5.41) is 24.4. The van der Waals surface area contributed by atoms with Crippen LogP contribution >= 0.6 is 11.8 Å². The maximum Gasteiger partial charge on any atom is 0.191 e. The average Bonchev–Trinajstić information content (AvgIpc) is 3.63. The lowest BCUT2D eigenvalue weighted by atomic mass is 10.2. The van der Waals surface area contributed by atoms with Gasteiger partial charge in [0.2, 0.25) is 0 Å². The average molecular weight is 500 g/mol. The largest absolute Gasteiger partial charge is 0.300 e. The monoisotopic (exact) mass is 499 g/mol. The van der Waals surface area contributed by atoms with Crippen molar-refractivity contribution in [2.24, 2.45) is 13.0 Å². The second kappa shape index (κ2) is 8.86. The van der Waals surface area contributed by atoms with E-state index in [2.05, 4.69) is 48.9 Å². The third-order valence-electron chi connectivity index (χ3n) is 5.89. The molecule has 36 heavy (non-hydrogen) atoms. The molecular formula is C24H25N11S. The highest BCUT2D eigenvalue weighted by molar-refractivity contribution is 7.98. The van der Waals surface area contributed by atoms with Gasteiger partial charge in [-0.1, -0.05) is 43.8 Å². The van der Waals surface area contributed by atoms with Crippen LogP contribution in [0.25, 0.3) is 33.9 Å². The zero-order chi connectivity index (χ0) is 24.8. The molecule has 6 rings (SSSR count). The van der Waals surface area contributed by atoms with Crippen LogP contribution in [0.15, 0.2) is 54.1 Å². The van der Waals surface area contributed by atoms with Crippen LogP contribution in [-0.2, 0) is 19.3 Å². The Morgan fingerprint density at radius 1 is 1.03 bits per heavy atom. The predicted octanol–water partition coefficient (Wildman–Crippen LogP) is 3.71. The number of benzene rings is 1. The van der Waals surface area contributed by atoms with Crippen LogP contribution in [0.1, 0.15) is 25.4 Å². The molecule has 0 aliphatic carbocycles. The van der Waals surface area contributed by atoms with E-state index in [4.69, 9.17) is 4.98 Å². The summed E-state index contributed by atoms with van der Waals surface area (Å²) in [7, 11) is 1.93. The highest BCUT2D eigenvalue weighted by atomic mass is 32.2. The SMILES string of the molecule is Cc1cc(-c2nnc(SCc3nc4c5cnn(-c6ccccc6)c5ncn4n3)n2CC(C)C)nn1C. The zero-order valence-electron chi connectivity index (χ0n) is 20.4. The molecule has 0 N–H and O–H groups in total. The summed E-state index contributed by atoms with van der Waals surface area (Å²) in [6.45, 7) is 7.18. The molecule has 182 valence electrons. The minimum Gasteiger partial charge on any atom is -0.300 e. The van der Waals surface area contributed by atoms with E-state index < -0.39 is 0 Å². The molecule has 0 fully saturated rings. The Hall–Kier alpha value is -4.06. The van der Waals surface area contributed by atoms with E-state index in [-0.39, 0.29) is 0 Å². The van der Waals surface area contributed by atoms with Gasteiger partial charge in [0.15, 0.2) is 28.1 Å². The van der Waals surface area contributed by atoms with Crippen LogP contribution in [-0.4, -0.2) is 53.9 Å². The third kappa shape index (κ3) is 3.92. The van der Waals surface area contributed by atoms with E-state index in [0.717, 1.165) is 51.3 Å². The molecule has 0 radical (unpaired) electrons. The first-order valence-electron chi connectivity index (χ1n) is 11.7. The Morgan fingerprint density at radius 3 is 2.61 bits per heavy atom. The van der Waals surface area contributed by atoms with E-state index in [0.29, 0.717) is 17.5 Å². The van der Waals surface area contributed by atoms with Gasteiger partial charge in [-0.05, 0) is 31.0 Å². The molecule has 0 aliphatic heterocycles. The minimum absolute atomic E-state index is 0.428. The zero-order valence-corrected chi connectivity index (χ0v) is 21.3. The highest BCUT2D eigenvalue weighted by Gasteiger charge is 2.19. The van der Waals surface area contributed by atoms with Gasteiger partial charge < -0.3 is 4.57 Å². The number of rotatable bonds is 7. The van der Waals surface area contributed by atoms with Crippen molar-refractivity contribution in [2.45, 2.75) is 38.2 Å². The van der Waals surface area contributed by atoms with Crippen molar-refractivity contribution < 1.29 is 0 Å². The molecular weight excluding hydrogens is 474 g/mol. The first-order valence-corrected chi connectivity index (χ1v) is 12.7. The van der Waals surface area contributed by atoms with E-state index in [1.165, 1.54) is 0 Å². The molecule has 12 heteroatoms. The number of thioether (sulfide) groups is 1. The summed E-state index contributed by atoms with van der Waals surface area (Å²) in [4.78, 5) is 9.39. The Morgan fingerprint density at radius 2 is 1.86 bits per heavy atom. The fourth-order valence-corrected chi connectivity index (χ4v) is 4.89. The van der Waals surface area contributed by atoms with Crippen LogP contribution in [0.4, 0.5) is 0 Å². The number of hydrogen-bond donors (Lipinski definition) is 0. The van der Waals surface area contributed by atoms with Gasteiger partial charge in [-0.2, -0.15) is 10.2 Å². The molecule has 11 nitrogen and oxygen atoms in total. The van der Waals surface area contributed by atoms with E-state index >= 15 is 0 Å². The molecule has 0 bridgehead atoms. The van der Waals surface area contributed by atoms with Crippen LogP contribution in [0.5, 0.6) is 0 Å². The summed E-state index contributed by atoms with van der Waals surface area (Å²) in [6.07, 6.45) is 3.47. The van der Waals surface area contributed by atoms with Gasteiger partial charge in [0.05, 0.1) is 23.0 Å². The fraction of sp³-hybridized carbons (Fsp3) is 0.292. The summed E-state index contributed by atoms with van der Waals surface area (Å²) < 4.78 is 7.51. The molecule has 5 aromatic heterocycles. The highest BCUT2D eigenvalue weighted by Crippen LogP contribution is 2.27. The summed E-state index contributed by atoms with van der Waals surface area (Å²) >= 11 is 1.57. The lowest BCUT2D eigenvalue weighted by Crippen LogP contribution is -2.08. The maximum atomic E-state index is 4.80. The second-order valence-corrected chi connectivity index (χ2v) is 10.0. The first kappa shape index (κ1) is 22.4. The van der Waals surface area contributed by atoms with Gasteiger partial charge in [0, 0.05) is 19.3 Å². The molecule has 6 aromatic rings. The third-order valence-corrected chi connectivity index (χ3v) is 6.85. The van der Waals surface area contributed by atoms with Crippen LogP contribution in [0.2, 0.25) is 0 Å². The van der Waals surface area contributed by atoms with Crippen molar-refractivity contribution in [1.29, 1.82) is 0 Å². The Kier molecular flexibility index (Phi) is 5.52. The fourth-order valence-electron chi connectivity index (χ4n) is 4.10. The number of hydrogen-bond acceptors (Lipinski definition) is 8. The van der Waals surface area contributed by atoms with Gasteiger partial charge in [0.1, 0.15) is 12.0 Å². The van der Waals surface area contributed by atoms with Crippen LogP contribution in [0, 0.1) is 12.8 Å². The van der Waals surface area contributed by atoms with Gasteiger partial charge in [-0.15, -0.1) is 15.3 Å². The topological polar surface area (TPSA) is 109 Å². The molecule has 0 saturated carbocycles. The number of fused-ring (bicyclic) bond motifs is 3. The van der Waals surface area contributed by atoms with E-state index in [1.807, 2.05) is 59.7 Å². The molecule has 1 aromatic carbocycles. The van der Waals surface area contributed by atoms with Gasteiger partial charge in [-0.3, -0.25) is 4.68 Å². The molecule has 0 amide bonds. The maximum absolute atomic E-state index is 4.80. The normalized spacial score (nSPS) is 11.9. The number of aryl methyl sites for hydroxylation is 2. The standard InChI is InChI=1S/C24H25N11S/c1-15(2)12-33-23(19-10-16(3)32(4)30-19)28-29-24(33)36-13-20-27-22-18-11-26-35(17-8-6-5-7-9-17)21(18)25-14-34(22)31-20/h5-11,14-15H,12-13H2,1-4H3. The quantitative estimate of drug-likeness (QED) is 0.306. The van der Waals surface area contributed by atoms with Gasteiger partial charge in [-0.25, -0.2) is 19.2 Å².